The predicted molar refractivity (Wildman–Crippen MR) is 111 cm³/mol. The summed E-state index contributed by atoms with van der Waals surface area (Å²) in [5.41, 5.74) is 2.47. The lowest BCUT2D eigenvalue weighted by Gasteiger charge is -2.45. The molecule has 0 aliphatic carbocycles. The Kier molecular flexibility index (Phi) is 4.91. The van der Waals surface area contributed by atoms with Gasteiger partial charge in [-0.3, -0.25) is 4.90 Å². The maximum absolute atomic E-state index is 12.7. The Morgan fingerprint density at radius 3 is 2.67 bits per heavy atom. The Bertz CT molecular complexity index is 1060. The molecule has 0 N–H and O–H groups in total. The van der Waals surface area contributed by atoms with Crippen LogP contribution in [0.2, 0.25) is 5.02 Å². The van der Waals surface area contributed by atoms with Crippen LogP contribution in [0.3, 0.4) is 0 Å². The second-order valence-corrected chi connectivity index (χ2v) is 8.17. The van der Waals surface area contributed by atoms with Gasteiger partial charge in [0.2, 0.25) is 0 Å². The van der Waals surface area contributed by atoms with Gasteiger partial charge < -0.3 is 14.0 Å². The van der Waals surface area contributed by atoms with E-state index < -0.39 is 12.2 Å². The van der Waals surface area contributed by atoms with Gasteiger partial charge in [0.1, 0.15) is 11.5 Å². The zero-order valence-electron chi connectivity index (χ0n) is 16.2. The van der Waals surface area contributed by atoms with Crippen molar-refractivity contribution in [2.75, 3.05) is 13.1 Å². The van der Waals surface area contributed by atoms with Gasteiger partial charge in [-0.25, -0.2) is 0 Å². The SMILES string of the molecule is FC(F)Oc1ccccc1CN1CCC2(CC1)Oc1cc(Cl)ccc1-n1cccc12. The van der Waals surface area contributed by atoms with E-state index in [4.69, 9.17) is 16.3 Å². The molecule has 30 heavy (non-hydrogen) atoms. The van der Waals surface area contributed by atoms with Gasteiger partial charge in [-0.2, -0.15) is 8.78 Å². The first-order valence-electron chi connectivity index (χ1n) is 9.96. The first-order valence-corrected chi connectivity index (χ1v) is 10.3. The van der Waals surface area contributed by atoms with Gasteiger partial charge >= 0.3 is 6.61 Å². The van der Waals surface area contributed by atoms with Crippen molar-refractivity contribution in [2.45, 2.75) is 31.6 Å². The summed E-state index contributed by atoms with van der Waals surface area (Å²) in [5.74, 6) is 1.02. The average Bonchev–Trinajstić information content (AvgIpc) is 3.22. The van der Waals surface area contributed by atoms with Crippen LogP contribution in [0.15, 0.2) is 60.8 Å². The molecule has 2 aliphatic heterocycles. The van der Waals surface area contributed by atoms with Gasteiger partial charge in [0.15, 0.2) is 5.60 Å². The molecule has 1 fully saturated rings. The summed E-state index contributed by atoms with van der Waals surface area (Å²) in [5, 5.41) is 0.646. The maximum atomic E-state index is 12.7. The van der Waals surface area contributed by atoms with E-state index in [0.717, 1.165) is 48.6 Å². The third-order valence-electron chi connectivity index (χ3n) is 5.95. The van der Waals surface area contributed by atoms with Crippen LogP contribution in [0.1, 0.15) is 24.1 Å². The van der Waals surface area contributed by atoms with Crippen molar-refractivity contribution >= 4 is 11.6 Å². The summed E-state index contributed by atoms with van der Waals surface area (Å²) in [7, 11) is 0. The van der Waals surface area contributed by atoms with E-state index in [1.165, 1.54) is 0 Å². The molecular weight excluding hydrogens is 410 g/mol. The molecule has 3 aromatic rings. The van der Waals surface area contributed by atoms with E-state index in [1.54, 1.807) is 12.1 Å². The lowest BCUT2D eigenvalue weighted by Crippen LogP contribution is -2.48. The number of aromatic nitrogens is 1. The third-order valence-corrected chi connectivity index (χ3v) is 6.18. The number of alkyl halides is 2. The summed E-state index contributed by atoms with van der Waals surface area (Å²) < 4.78 is 38.8. The van der Waals surface area contributed by atoms with E-state index in [9.17, 15) is 8.78 Å². The van der Waals surface area contributed by atoms with Crippen molar-refractivity contribution in [3.05, 3.63) is 77.1 Å². The number of fused-ring (bicyclic) bond motifs is 4. The smallest absolute Gasteiger partial charge is 0.387 e. The molecule has 156 valence electrons. The van der Waals surface area contributed by atoms with Crippen molar-refractivity contribution in [1.29, 1.82) is 0 Å². The van der Waals surface area contributed by atoms with Crippen LogP contribution in [0.25, 0.3) is 5.69 Å². The zero-order chi connectivity index (χ0) is 20.7. The van der Waals surface area contributed by atoms with Gasteiger partial charge in [-0.05, 0) is 30.3 Å². The van der Waals surface area contributed by atoms with Gasteiger partial charge in [0.25, 0.3) is 0 Å². The highest BCUT2D eigenvalue weighted by Gasteiger charge is 2.43. The Balaban J connectivity index is 1.35. The number of hydrogen-bond acceptors (Lipinski definition) is 3. The van der Waals surface area contributed by atoms with Crippen molar-refractivity contribution in [3.8, 4) is 17.2 Å². The minimum Gasteiger partial charge on any atom is -0.479 e. The van der Waals surface area contributed by atoms with Crippen LogP contribution in [0.5, 0.6) is 11.5 Å². The first-order chi connectivity index (χ1) is 14.5. The van der Waals surface area contributed by atoms with Gasteiger partial charge in [0.05, 0.1) is 11.4 Å². The fourth-order valence-corrected chi connectivity index (χ4v) is 4.67. The number of ether oxygens (including phenoxy) is 2. The summed E-state index contributed by atoms with van der Waals surface area (Å²) in [6.45, 7) is -0.706. The minimum absolute atomic E-state index is 0.235. The van der Waals surface area contributed by atoms with E-state index in [1.807, 2.05) is 36.4 Å². The highest BCUT2D eigenvalue weighted by atomic mass is 35.5. The summed E-state index contributed by atoms with van der Waals surface area (Å²) in [6.07, 6.45) is 3.64. The molecule has 0 atom stereocenters. The molecule has 2 aliphatic rings. The average molecular weight is 431 g/mol. The maximum Gasteiger partial charge on any atom is 0.387 e. The lowest BCUT2D eigenvalue weighted by molar-refractivity contribution is -0.0512. The molecule has 0 saturated carbocycles. The number of hydrogen-bond donors (Lipinski definition) is 0. The molecule has 2 aromatic carbocycles. The predicted octanol–water partition coefficient (Wildman–Crippen LogP) is 5.62. The van der Waals surface area contributed by atoms with Crippen LogP contribution in [-0.4, -0.2) is 29.2 Å². The third kappa shape index (κ3) is 3.44. The van der Waals surface area contributed by atoms with E-state index in [-0.39, 0.29) is 5.75 Å². The number of halogens is 3. The Hall–Kier alpha value is -2.57. The minimum atomic E-state index is -2.83. The van der Waals surface area contributed by atoms with Crippen LogP contribution in [-0.2, 0) is 12.1 Å². The van der Waals surface area contributed by atoms with Crippen LogP contribution >= 0.6 is 11.6 Å². The summed E-state index contributed by atoms with van der Waals surface area (Å²) in [6, 6.07) is 16.8. The van der Waals surface area contributed by atoms with E-state index in [0.29, 0.717) is 11.6 Å². The van der Waals surface area contributed by atoms with Crippen molar-refractivity contribution in [2.24, 2.45) is 0 Å². The number of rotatable bonds is 4. The quantitative estimate of drug-likeness (QED) is 0.537. The number of para-hydroxylation sites is 1. The van der Waals surface area contributed by atoms with Crippen molar-refractivity contribution in [1.82, 2.24) is 9.47 Å². The molecule has 3 heterocycles. The van der Waals surface area contributed by atoms with E-state index in [2.05, 4.69) is 26.5 Å². The van der Waals surface area contributed by atoms with Gasteiger partial charge in [0, 0.05) is 55.3 Å². The van der Waals surface area contributed by atoms with Gasteiger partial charge in [-0.15, -0.1) is 0 Å². The lowest BCUT2D eigenvalue weighted by atomic mass is 9.86. The summed E-state index contributed by atoms with van der Waals surface area (Å²) >= 11 is 6.21. The van der Waals surface area contributed by atoms with Crippen LogP contribution < -0.4 is 9.47 Å². The van der Waals surface area contributed by atoms with E-state index >= 15 is 0 Å². The molecule has 5 rings (SSSR count). The van der Waals surface area contributed by atoms with Crippen LogP contribution in [0.4, 0.5) is 8.78 Å². The van der Waals surface area contributed by atoms with Gasteiger partial charge in [-0.1, -0.05) is 29.8 Å². The molecule has 7 heteroatoms. The second kappa shape index (κ2) is 7.60. The molecule has 0 bridgehead atoms. The standard InChI is InChI=1S/C23H21ClF2N2O2/c24-17-7-8-18-20(14-17)30-23(21-6-3-11-28(18)21)9-12-27(13-10-23)15-16-4-1-2-5-19(16)29-22(25)26/h1-8,11,14,22H,9-10,12-13,15H2. The molecule has 1 aromatic heterocycles. The molecule has 0 amide bonds. The normalized spacial score (nSPS) is 17.5. The first kappa shape index (κ1) is 19.4. The zero-order valence-corrected chi connectivity index (χ0v) is 17.0. The van der Waals surface area contributed by atoms with Crippen molar-refractivity contribution < 1.29 is 18.3 Å². The van der Waals surface area contributed by atoms with Crippen LogP contribution in [0, 0.1) is 0 Å². The number of piperidine rings is 1. The fraction of sp³-hybridized carbons (Fsp3) is 0.304. The molecule has 1 spiro atoms. The molecule has 0 unspecified atom stereocenters. The molecule has 4 nitrogen and oxygen atoms in total. The summed E-state index contributed by atoms with van der Waals surface area (Å²) in [4.78, 5) is 2.25. The highest BCUT2D eigenvalue weighted by Crippen LogP contribution is 2.46. The topological polar surface area (TPSA) is 26.6 Å². The Labute approximate surface area is 178 Å². The van der Waals surface area contributed by atoms with Crippen molar-refractivity contribution in [3.63, 3.8) is 0 Å². The molecule has 0 radical (unpaired) electrons. The number of likely N-dealkylation sites (tertiary alicyclic amines) is 1. The Morgan fingerprint density at radius 2 is 1.87 bits per heavy atom. The monoisotopic (exact) mass is 430 g/mol. The molecule has 1 saturated heterocycles. The molecular formula is C23H21ClF2N2O2. The number of benzene rings is 2. The Morgan fingerprint density at radius 1 is 1.07 bits per heavy atom. The highest BCUT2D eigenvalue weighted by molar-refractivity contribution is 6.30. The largest absolute Gasteiger partial charge is 0.479 e. The number of nitrogens with zero attached hydrogens (tertiary/aromatic N) is 2. The fourth-order valence-electron chi connectivity index (χ4n) is 4.51. The second-order valence-electron chi connectivity index (χ2n) is 7.73.